The molecular weight excluding hydrogens is 348 g/mol. The van der Waals surface area contributed by atoms with Gasteiger partial charge in [0.15, 0.2) is 0 Å². The molecule has 0 heterocycles. The molecule has 0 atom stereocenters. The van der Waals surface area contributed by atoms with Crippen molar-refractivity contribution in [2.45, 2.75) is 0 Å². The van der Waals surface area contributed by atoms with E-state index in [1.54, 1.807) is 12.1 Å². The summed E-state index contributed by atoms with van der Waals surface area (Å²) in [5, 5.41) is 17.7. The van der Waals surface area contributed by atoms with Gasteiger partial charge in [-0.1, -0.05) is 23.7 Å². The van der Waals surface area contributed by atoms with Crippen molar-refractivity contribution in [2.24, 2.45) is 5.10 Å². The number of carbonyl (C=O) groups is 1. The van der Waals surface area contributed by atoms with E-state index in [0.717, 1.165) is 0 Å². The maximum Gasteiger partial charge on any atom is 0.270 e. The van der Waals surface area contributed by atoms with Gasteiger partial charge in [-0.05, 0) is 18.2 Å². The van der Waals surface area contributed by atoms with Crippen molar-refractivity contribution in [3.05, 3.63) is 63.2 Å². The van der Waals surface area contributed by atoms with E-state index < -0.39 is 10.8 Å². The van der Waals surface area contributed by atoms with Crippen molar-refractivity contribution in [3.8, 4) is 5.75 Å². The first-order valence-electron chi connectivity index (χ1n) is 7.14. The van der Waals surface area contributed by atoms with Crippen LogP contribution in [0, 0.1) is 10.1 Å². The minimum Gasteiger partial charge on any atom is -0.495 e. The highest BCUT2D eigenvalue weighted by Crippen LogP contribution is 2.22. The molecule has 0 spiro atoms. The van der Waals surface area contributed by atoms with Gasteiger partial charge in [0, 0.05) is 22.7 Å². The fourth-order valence-electron chi connectivity index (χ4n) is 1.92. The van der Waals surface area contributed by atoms with Gasteiger partial charge in [0.1, 0.15) is 5.75 Å². The van der Waals surface area contributed by atoms with Gasteiger partial charge in [-0.3, -0.25) is 14.9 Å². The van der Waals surface area contributed by atoms with E-state index in [-0.39, 0.29) is 17.3 Å². The van der Waals surface area contributed by atoms with Gasteiger partial charge in [-0.2, -0.15) is 5.10 Å². The zero-order valence-corrected chi connectivity index (χ0v) is 14.0. The van der Waals surface area contributed by atoms with Crippen LogP contribution < -0.4 is 15.5 Å². The maximum absolute atomic E-state index is 11.8. The molecule has 0 saturated carbocycles. The Kier molecular flexibility index (Phi) is 6.30. The Bertz CT molecular complexity index is 810. The number of rotatable bonds is 7. The molecular formula is C16H15ClN4O4. The van der Waals surface area contributed by atoms with Gasteiger partial charge in [-0.25, -0.2) is 5.43 Å². The second-order valence-electron chi connectivity index (χ2n) is 4.81. The van der Waals surface area contributed by atoms with Crippen molar-refractivity contribution in [1.29, 1.82) is 0 Å². The number of halogens is 1. The zero-order chi connectivity index (χ0) is 18.2. The maximum atomic E-state index is 11.8. The number of nitro groups is 1. The lowest BCUT2D eigenvalue weighted by Crippen LogP contribution is -2.26. The van der Waals surface area contributed by atoms with Crippen LogP contribution in [0.25, 0.3) is 0 Å². The summed E-state index contributed by atoms with van der Waals surface area (Å²) in [6.45, 7) is -0.0274. The van der Waals surface area contributed by atoms with Gasteiger partial charge < -0.3 is 10.1 Å². The van der Waals surface area contributed by atoms with Crippen molar-refractivity contribution in [1.82, 2.24) is 5.43 Å². The molecule has 0 bridgehead atoms. The lowest BCUT2D eigenvalue weighted by Gasteiger charge is -2.09. The molecule has 2 aromatic carbocycles. The molecule has 2 rings (SSSR count). The molecule has 0 aliphatic rings. The number of nitro benzene ring substituents is 1. The summed E-state index contributed by atoms with van der Waals surface area (Å²) < 4.78 is 5.17. The summed E-state index contributed by atoms with van der Waals surface area (Å²) in [5.41, 5.74) is 3.20. The van der Waals surface area contributed by atoms with Crippen LogP contribution in [-0.2, 0) is 4.79 Å². The number of hydrazone groups is 1. The number of carbonyl (C=O) groups excluding carboxylic acids is 1. The molecule has 2 aromatic rings. The molecule has 0 saturated heterocycles. The number of benzene rings is 2. The number of anilines is 1. The Morgan fingerprint density at radius 1 is 1.36 bits per heavy atom. The normalized spacial score (nSPS) is 10.5. The second-order valence-corrected chi connectivity index (χ2v) is 5.22. The number of hydrogen-bond acceptors (Lipinski definition) is 6. The summed E-state index contributed by atoms with van der Waals surface area (Å²) in [7, 11) is 1.54. The Morgan fingerprint density at radius 3 is 2.84 bits per heavy atom. The Balaban J connectivity index is 1.92. The van der Waals surface area contributed by atoms with Crippen LogP contribution in [0.3, 0.4) is 0 Å². The highest BCUT2D eigenvalue weighted by atomic mass is 35.5. The quantitative estimate of drug-likeness (QED) is 0.447. The predicted octanol–water partition coefficient (Wildman–Crippen LogP) is 2.82. The first-order valence-corrected chi connectivity index (χ1v) is 7.52. The Hall–Kier alpha value is -3.13. The molecule has 8 nitrogen and oxygen atoms in total. The number of para-hydroxylation sites is 2. The highest BCUT2D eigenvalue weighted by molar-refractivity contribution is 6.33. The van der Waals surface area contributed by atoms with Crippen LogP contribution in [0.4, 0.5) is 11.4 Å². The predicted molar refractivity (Wildman–Crippen MR) is 95.3 cm³/mol. The van der Waals surface area contributed by atoms with Crippen LogP contribution in [-0.4, -0.2) is 30.7 Å². The minimum absolute atomic E-state index is 0.0274. The minimum atomic E-state index is -0.538. The summed E-state index contributed by atoms with van der Waals surface area (Å²) in [6.07, 6.45) is 1.25. The van der Waals surface area contributed by atoms with Crippen LogP contribution in [0.1, 0.15) is 5.56 Å². The highest BCUT2D eigenvalue weighted by Gasteiger charge is 2.08. The van der Waals surface area contributed by atoms with Gasteiger partial charge >= 0.3 is 0 Å². The first kappa shape index (κ1) is 18.2. The molecule has 0 aromatic heterocycles. The van der Waals surface area contributed by atoms with E-state index in [9.17, 15) is 14.9 Å². The van der Waals surface area contributed by atoms with Gasteiger partial charge in [0.05, 0.1) is 30.5 Å². The molecule has 9 heteroatoms. The lowest BCUT2D eigenvalue weighted by atomic mass is 10.2. The Labute approximate surface area is 148 Å². The monoisotopic (exact) mass is 362 g/mol. The third-order valence-electron chi connectivity index (χ3n) is 3.13. The molecule has 130 valence electrons. The fraction of sp³-hybridized carbons (Fsp3) is 0.125. The number of nitrogens with zero attached hydrogens (tertiary/aromatic N) is 2. The third kappa shape index (κ3) is 5.18. The average molecular weight is 363 g/mol. The van der Waals surface area contributed by atoms with Gasteiger partial charge in [-0.15, -0.1) is 0 Å². The molecule has 0 radical (unpaired) electrons. The van der Waals surface area contributed by atoms with Gasteiger partial charge in [0.2, 0.25) is 0 Å². The summed E-state index contributed by atoms with van der Waals surface area (Å²) in [4.78, 5) is 22.0. The summed E-state index contributed by atoms with van der Waals surface area (Å²) in [6, 6.07) is 11.1. The van der Waals surface area contributed by atoms with Crippen molar-refractivity contribution < 1.29 is 14.5 Å². The topological polar surface area (TPSA) is 106 Å². The number of amides is 1. The van der Waals surface area contributed by atoms with E-state index in [0.29, 0.717) is 17.0 Å². The zero-order valence-electron chi connectivity index (χ0n) is 13.2. The van der Waals surface area contributed by atoms with Crippen LogP contribution >= 0.6 is 11.6 Å². The third-order valence-corrected chi connectivity index (χ3v) is 3.47. The van der Waals surface area contributed by atoms with E-state index in [1.165, 1.54) is 31.5 Å². The van der Waals surface area contributed by atoms with E-state index >= 15 is 0 Å². The SMILES string of the molecule is COc1ccccc1NCC(=O)N/N=C/c1cc([N+](=O)[O-])ccc1Cl. The summed E-state index contributed by atoms with van der Waals surface area (Å²) >= 11 is 5.94. The molecule has 0 aliphatic carbocycles. The van der Waals surface area contributed by atoms with E-state index in [2.05, 4.69) is 15.8 Å². The molecule has 0 aliphatic heterocycles. The van der Waals surface area contributed by atoms with E-state index in [4.69, 9.17) is 16.3 Å². The smallest absolute Gasteiger partial charge is 0.270 e. The first-order chi connectivity index (χ1) is 12.0. The number of ether oxygens (including phenoxy) is 1. The molecule has 2 N–H and O–H groups in total. The number of methoxy groups -OCH3 is 1. The lowest BCUT2D eigenvalue weighted by molar-refractivity contribution is -0.384. The van der Waals surface area contributed by atoms with Crippen molar-refractivity contribution in [2.75, 3.05) is 19.0 Å². The number of non-ortho nitro benzene ring substituents is 1. The van der Waals surface area contributed by atoms with Gasteiger partial charge in [0.25, 0.3) is 11.6 Å². The fourth-order valence-corrected chi connectivity index (χ4v) is 2.09. The van der Waals surface area contributed by atoms with Crippen LogP contribution in [0.15, 0.2) is 47.6 Å². The Morgan fingerprint density at radius 2 is 2.12 bits per heavy atom. The van der Waals surface area contributed by atoms with Crippen LogP contribution in [0.5, 0.6) is 5.75 Å². The van der Waals surface area contributed by atoms with Crippen molar-refractivity contribution >= 4 is 35.1 Å². The average Bonchev–Trinajstić information content (AvgIpc) is 2.61. The molecule has 0 fully saturated rings. The van der Waals surface area contributed by atoms with Crippen LogP contribution in [0.2, 0.25) is 5.02 Å². The van der Waals surface area contributed by atoms with E-state index in [1.807, 2.05) is 12.1 Å². The summed E-state index contributed by atoms with van der Waals surface area (Å²) in [5.74, 6) is 0.214. The standard InChI is InChI=1S/C16H15ClN4O4/c1-25-15-5-3-2-4-14(15)18-10-16(22)20-19-9-11-8-12(21(23)24)6-7-13(11)17/h2-9,18H,10H2,1H3,(H,20,22)/b19-9+. The second kappa shape index (κ2) is 8.65. The number of nitrogens with one attached hydrogen (secondary N) is 2. The largest absolute Gasteiger partial charge is 0.495 e. The molecule has 25 heavy (non-hydrogen) atoms. The molecule has 0 unspecified atom stereocenters. The van der Waals surface area contributed by atoms with Crippen molar-refractivity contribution in [3.63, 3.8) is 0 Å². The molecule has 1 amide bonds. The number of hydrogen-bond donors (Lipinski definition) is 2.